The Hall–Kier alpha value is -2.21. The number of benzene rings is 1. The molecule has 316 valence electrons. The lowest BCUT2D eigenvalue weighted by atomic mass is 10.1. The molecule has 0 fully saturated rings. The first-order valence-electron chi connectivity index (χ1n) is 23.4. The van der Waals surface area contributed by atoms with Gasteiger partial charge in [0, 0.05) is 9.75 Å². The van der Waals surface area contributed by atoms with Crippen molar-refractivity contribution in [3.05, 3.63) is 39.6 Å². The molecule has 0 bridgehead atoms. The maximum Gasteiger partial charge on any atom is 0.338 e. The first-order chi connectivity index (χ1) is 27.1. The van der Waals surface area contributed by atoms with E-state index in [1.165, 1.54) is 159 Å². The number of hydrogen-bond acceptors (Lipinski definition) is 6. The Kier molecular flexibility index (Phi) is 31.1. The van der Waals surface area contributed by atoms with Gasteiger partial charge in [-0.25, -0.2) is 4.79 Å². The molecule has 0 aliphatic heterocycles. The van der Waals surface area contributed by atoms with Crippen molar-refractivity contribution in [3.8, 4) is 17.2 Å². The molecule has 1 aromatic heterocycles. The van der Waals surface area contributed by atoms with Crippen LogP contribution in [0.1, 0.15) is 234 Å². The predicted octanol–water partition coefficient (Wildman–Crippen LogP) is 16.3. The van der Waals surface area contributed by atoms with E-state index >= 15 is 0 Å². The lowest BCUT2D eigenvalue weighted by molar-refractivity contribution is 0.0475. The van der Waals surface area contributed by atoms with Gasteiger partial charge in [0.25, 0.3) is 0 Å². The van der Waals surface area contributed by atoms with Crippen LogP contribution in [0.15, 0.2) is 24.3 Å². The van der Waals surface area contributed by atoms with Gasteiger partial charge in [0.15, 0.2) is 11.5 Å². The predicted molar refractivity (Wildman–Crippen MR) is 237 cm³/mol. The van der Waals surface area contributed by atoms with E-state index in [4.69, 9.17) is 18.9 Å². The molecule has 2 aromatic rings. The van der Waals surface area contributed by atoms with Crippen LogP contribution in [0.4, 0.5) is 0 Å². The number of ether oxygens (including phenoxy) is 4. The Bertz CT molecular complexity index is 1130. The zero-order chi connectivity index (χ0) is 39.4. The van der Waals surface area contributed by atoms with E-state index in [9.17, 15) is 4.79 Å². The fourth-order valence-electron chi connectivity index (χ4n) is 7.14. The second kappa shape index (κ2) is 35.0. The van der Waals surface area contributed by atoms with E-state index in [0.29, 0.717) is 42.6 Å². The van der Waals surface area contributed by atoms with Gasteiger partial charge >= 0.3 is 5.97 Å². The van der Waals surface area contributed by atoms with Gasteiger partial charge in [0.1, 0.15) is 6.61 Å². The molecule has 0 atom stereocenters. The third kappa shape index (κ3) is 25.6. The highest BCUT2D eigenvalue weighted by Gasteiger charge is 2.20. The van der Waals surface area contributed by atoms with Crippen LogP contribution >= 0.6 is 11.3 Å². The quantitative estimate of drug-likeness (QED) is 0.0499. The largest absolute Gasteiger partial charge is 0.490 e. The molecule has 0 aliphatic carbocycles. The van der Waals surface area contributed by atoms with Crippen molar-refractivity contribution in [2.75, 3.05) is 19.8 Å². The zero-order valence-corrected chi connectivity index (χ0v) is 37.1. The molecule has 0 N–H and O–H groups in total. The minimum atomic E-state index is -0.361. The van der Waals surface area contributed by atoms with Crippen molar-refractivity contribution in [1.82, 2.24) is 0 Å². The number of aryl methyl sites for hydroxylation is 1. The van der Waals surface area contributed by atoms with Crippen molar-refractivity contribution in [3.63, 3.8) is 0 Å². The summed E-state index contributed by atoms with van der Waals surface area (Å²) in [5, 5.41) is 0. The summed E-state index contributed by atoms with van der Waals surface area (Å²) in [6.07, 6.45) is 38.3. The molecule has 55 heavy (non-hydrogen) atoms. The van der Waals surface area contributed by atoms with E-state index in [0.717, 1.165) is 43.4 Å². The van der Waals surface area contributed by atoms with Crippen molar-refractivity contribution in [2.24, 2.45) is 0 Å². The van der Waals surface area contributed by atoms with Crippen LogP contribution < -0.4 is 14.2 Å². The third-order valence-corrected chi connectivity index (χ3v) is 11.6. The topological polar surface area (TPSA) is 54.0 Å². The summed E-state index contributed by atoms with van der Waals surface area (Å²) in [6.45, 7) is 11.0. The van der Waals surface area contributed by atoms with Gasteiger partial charge in [-0.3, -0.25) is 0 Å². The van der Waals surface area contributed by atoms with Crippen molar-refractivity contribution in [2.45, 2.75) is 227 Å². The zero-order valence-electron chi connectivity index (χ0n) is 36.3. The van der Waals surface area contributed by atoms with Gasteiger partial charge in [-0.15, -0.1) is 11.3 Å². The lowest BCUT2D eigenvalue weighted by Crippen LogP contribution is -2.10. The van der Waals surface area contributed by atoms with Crippen LogP contribution in [0.3, 0.4) is 0 Å². The number of carbonyl (C=O) groups excluding carboxylic acids is 1. The molecular weight excluding hydrogens is 701 g/mol. The van der Waals surface area contributed by atoms with Crippen LogP contribution in [0.5, 0.6) is 17.2 Å². The Morgan fingerprint density at radius 3 is 1.16 bits per heavy atom. The molecule has 0 saturated heterocycles. The molecule has 0 aliphatic rings. The molecule has 0 amide bonds. The Morgan fingerprint density at radius 1 is 0.473 bits per heavy atom. The van der Waals surface area contributed by atoms with E-state index in [-0.39, 0.29) is 12.6 Å². The number of thiophene rings is 1. The van der Waals surface area contributed by atoms with Gasteiger partial charge in [-0.05, 0) is 50.5 Å². The summed E-state index contributed by atoms with van der Waals surface area (Å²) < 4.78 is 25.2. The Labute approximate surface area is 343 Å². The van der Waals surface area contributed by atoms with Crippen LogP contribution in [0.25, 0.3) is 0 Å². The first-order valence-corrected chi connectivity index (χ1v) is 24.2. The molecule has 6 heteroatoms. The Balaban J connectivity index is 2.02. The summed E-state index contributed by atoms with van der Waals surface area (Å²) >= 11 is 1.66. The number of esters is 1. The van der Waals surface area contributed by atoms with Gasteiger partial charge in [-0.1, -0.05) is 194 Å². The average Bonchev–Trinajstić information content (AvgIpc) is 3.62. The minimum Gasteiger partial charge on any atom is -0.490 e. The molecule has 0 unspecified atom stereocenters. The summed E-state index contributed by atoms with van der Waals surface area (Å²) in [5.41, 5.74) is 0.454. The van der Waals surface area contributed by atoms with Gasteiger partial charge < -0.3 is 18.9 Å². The summed E-state index contributed by atoms with van der Waals surface area (Å²) in [4.78, 5) is 15.7. The number of carbonyl (C=O) groups is 1. The summed E-state index contributed by atoms with van der Waals surface area (Å²) in [7, 11) is 0. The van der Waals surface area contributed by atoms with Crippen molar-refractivity contribution in [1.29, 1.82) is 0 Å². The average molecular weight is 785 g/mol. The molecule has 0 saturated carbocycles. The van der Waals surface area contributed by atoms with Crippen molar-refractivity contribution >= 4 is 17.3 Å². The highest BCUT2D eigenvalue weighted by molar-refractivity contribution is 7.11. The fraction of sp³-hybridized carbons (Fsp3) is 0.776. The fourth-order valence-corrected chi connectivity index (χ4v) is 7.94. The third-order valence-electron chi connectivity index (χ3n) is 10.7. The monoisotopic (exact) mass is 785 g/mol. The highest BCUT2D eigenvalue weighted by atomic mass is 32.1. The normalized spacial score (nSPS) is 11.3. The maximum absolute atomic E-state index is 13.4. The SMILES string of the molecule is CCCCCCCCCCCCOc1cc(C(=O)OCc2ccc(C)s2)cc(OCCCCCCCCCCCC)c1OCCCCCCCCCCCC. The second-order valence-corrected chi connectivity index (χ2v) is 17.4. The van der Waals surface area contributed by atoms with Crippen LogP contribution in [-0.4, -0.2) is 25.8 Å². The molecule has 0 spiro atoms. The highest BCUT2D eigenvalue weighted by Crippen LogP contribution is 2.40. The molecule has 1 heterocycles. The summed E-state index contributed by atoms with van der Waals surface area (Å²) in [6, 6.07) is 7.73. The summed E-state index contributed by atoms with van der Waals surface area (Å²) in [5.74, 6) is 1.48. The molecular formula is C49H84O5S. The molecule has 2 rings (SSSR count). The van der Waals surface area contributed by atoms with Crippen LogP contribution in [0.2, 0.25) is 0 Å². The van der Waals surface area contributed by atoms with E-state index in [1.54, 1.807) is 11.3 Å². The smallest absolute Gasteiger partial charge is 0.338 e. The Morgan fingerprint density at radius 2 is 0.818 bits per heavy atom. The number of unbranched alkanes of at least 4 members (excludes halogenated alkanes) is 27. The molecule has 0 radical (unpaired) electrons. The number of hydrogen-bond donors (Lipinski definition) is 0. The lowest BCUT2D eigenvalue weighted by Gasteiger charge is -2.19. The molecule has 1 aromatic carbocycles. The van der Waals surface area contributed by atoms with Crippen LogP contribution in [0, 0.1) is 6.92 Å². The van der Waals surface area contributed by atoms with Gasteiger partial charge in [0.05, 0.1) is 25.4 Å². The van der Waals surface area contributed by atoms with Gasteiger partial charge in [-0.2, -0.15) is 0 Å². The van der Waals surface area contributed by atoms with E-state index in [1.807, 2.05) is 18.2 Å². The standard InChI is InChI=1S/C49H84O5S/c1-5-8-11-14-17-20-23-26-29-32-37-51-46-40-44(49(50)54-42-45-36-35-43(4)55-45)41-47(52-38-33-30-27-24-21-18-15-12-9-6-2)48(46)53-39-34-31-28-25-22-19-16-13-10-7-3/h35-36,40-41H,5-34,37-39,42H2,1-4H3. The second-order valence-electron chi connectivity index (χ2n) is 16.0. The minimum absolute atomic E-state index is 0.262. The van der Waals surface area contributed by atoms with Crippen LogP contribution in [-0.2, 0) is 11.3 Å². The van der Waals surface area contributed by atoms with Gasteiger partial charge in [0.2, 0.25) is 5.75 Å². The number of rotatable bonds is 39. The first kappa shape index (κ1) is 48.9. The maximum atomic E-state index is 13.4. The van der Waals surface area contributed by atoms with Crippen molar-refractivity contribution < 1.29 is 23.7 Å². The van der Waals surface area contributed by atoms with E-state index < -0.39 is 0 Å². The molecule has 5 nitrogen and oxygen atoms in total. The van der Waals surface area contributed by atoms with E-state index in [2.05, 4.69) is 33.8 Å².